The number of likely N-dealkylation sites (tertiary alicyclic amines) is 1. The van der Waals surface area contributed by atoms with Gasteiger partial charge in [-0.25, -0.2) is 4.98 Å². The highest BCUT2D eigenvalue weighted by molar-refractivity contribution is 7.22. The van der Waals surface area contributed by atoms with E-state index in [2.05, 4.69) is 10.3 Å². The standard InChI is InChI=1S/C17H21N3O2S/c1-2-5-15(21)20-10-8-12(9-11-20)16(22)19-17-18-13-6-3-4-7-14(13)23-17/h3-4,6-7,12H,2,5,8-11H2,1H3,(H,18,19,22). The number of carbonyl (C=O) groups is 2. The van der Waals surface area contributed by atoms with Gasteiger partial charge in [0, 0.05) is 25.4 Å². The van der Waals surface area contributed by atoms with Crippen LogP contribution in [-0.4, -0.2) is 34.8 Å². The summed E-state index contributed by atoms with van der Waals surface area (Å²) in [5.74, 6) is 0.192. The Morgan fingerprint density at radius 3 is 2.74 bits per heavy atom. The molecule has 2 aromatic rings. The maximum atomic E-state index is 12.4. The van der Waals surface area contributed by atoms with Gasteiger partial charge in [0.05, 0.1) is 10.2 Å². The predicted molar refractivity (Wildman–Crippen MR) is 92.5 cm³/mol. The lowest BCUT2D eigenvalue weighted by Gasteiger charge is -2.31. The first-order valence-electron chi connectivity index (χ1n) is 8.11. The van der Waals surface area contributed by atoms with E-state index in [1.54, 1.807) is 0 Å². The first kappa shape index (κ1) is 15.9. The van der Waals surface area contributed by atoms with Gasteiger partial charge in [-0.2, -0.15) is 0 Å². The van der Waals surface area contributed by atoms with Crippen molar-refractivity contribution in [3.05, 3.63) is 24.3 Å². The largest absolute Gasteiger partial charge is 0.343 e. The van der Waals surface area contributed by atoms with Crippen LogP contribution in [0.5, 0.6) is 0 Å². The first-order valence-corrected chi connectivity index (χ1v) is 8.93. The molecule has 5 nitrogen and oxygen atoms in total. The third-order valence-corrected chi connectivity index (χ3v) is 5.16. The number of fused-ring (bicyclic) bond motifs is 1. The Morgan fingerprint density at radius 2 is 2.04 bits per heavy atom. The summed E-state index contributed by atoms with van der Waals surface area (Å²) in [6, 6.07) is 7.85. The zero-order chi connectivity index (χ0) is 16.2. The summed E-state index contributed by atoms with van der Waals surface area (Å²) in [6.45, 7) is 3.36. The average molecular weight is 331 g/mol. The molecule has 0 bridgehead atoms. The van der Waals surface area contributed by atoms with Crippen molar-refractivity contribution in [2.24, 2.45) is 5.92 Å². The second-order valence-electron chi connectivity index (χ2n) is 5.88. The number of para-hydroxylation sites is 1. The van der Waals surface area contributed by atoms with Crippen LogP contribution in [0.1, 0.15) is 32.6 Å². The summed E-state index contributed by atoms with van der Waals surface area (Å²) in [5.41, 5.74) is 0.910. The minimum absolute atomic E-state index is 0.0200. The Morgan fingerprint density at radius 1 is 1.30 bits per heavy atom. The van der Waals surface area contributed by atoms with Gasteiger partial charge < -0.3 is 10.2 Å². The molecule has 1 aromatic carbocycles. The van der Waals surface area contributed by atoms with Crippen LogP contribution in [0.4, 0.5) is 5.13 Å². The fourth-order valence-electron chi connectivity index (χ4n) is 2.90. The van der Waals surface area contributed by atoms with E-state index < -0.39 is 0 Å². The number of nitrogens with zero attached hydrogens (tertiary/aromatic N) is 2. The third-order valence-electron chi connectivity index (χ3n) is 4.21. The molecule has 2 amide bonds. The average Bonchev–Trinajstić information content (AvgIpc) is 2.97. The number of piperidine rings is 1. The van der Waals surface area contributed by atoms with E-state index in [9.17, 15) is 9.59 Å². The number of amides is 2. The van der Waals surface area contributed by atoms with Gasteiger partial charge in [-0.15, -0.1) is 0 Å². The van der Waals surface area contributed by atoms with E-state index in [0.29, 0.717) is 24.6 Å². The van der Waals surface area contributed by atoms with Gasteiger partial charge >= 0.3 is 0 Å². The Bertz CT molecular complexity index is 672. The third kappa shape index (κ3) is 3.69. The van der Waals surface area contributed by atoms with Crippen molar-refractivity contribution in [3.63, 3.8) is 0 Å². The molecule has 1 aromatic heterocycles. The van der Waals surface area contributed by atoms with Crippen LogP contribution in [0.2, 0.25) is 0 Å². The molecule has 1 fully saturated rings. The van der Waals surface area contributed by atoms with Gasteiger partial charge in [0.25, 0.3) is 0 Å². The van der Waals surface area contributed by atoms with Gasteiger partial charge in [0.2, 0.25) is 11.8 Å². The molecular weight excluding hydrogens is 310 g/mol. The first-order chi connectivity index (χ1) is 11.2. The van der Waals surface area contributed by atoms with Crippen molar-refractivity contribution < 1.29 is 9.59 Å². The molecular formula is C17H21N3O2S. The second-order valence-corrected chi connectivity index (χ2v) is 6.91. The molecule has 0 atom stereocenters. The van der Waals surface area contributed by atoms with Crippen molar-refractivity contribution in [3.8, 4) is 0 Å². The Labute approximate surface area is 139 Å². The molecule has 0 aliphatic carbocycles. The molecule has 1 N–H and O–H groups in total. The lowest BCUT2D eigenvalue weighted by atomic mass is 9.96. The van der Waals surface area contributed by atoms with Crippen LogP contribution >= 0.6 is 11.3 Å². The van der Waals surface area contributed by atoms with E-state index in [4.69, 9.17) is 0 Å². The summed E-state index contributed by atoms with van der Waals surface area (Å²) < 4.78 is 1.07. The summed E-state index contributed by atoms with van der Waals surface area (Å²) in [5, 5.41) is 3.59. The van der Waals surface area contributed by atoms with E-state index in [1.807, 2.05) is 36.1 Å². The zero-order valence-electron chi connectivity index (χ0n) is 13.2. The van der Waals surface area contributed by atoms with Crippen molar-refractivity contribution in [2.45, 2.75) is 32.6 Å². The van der Waals surface area contributed by atoms with Crippen LogP contribution in [0.15, 0.2) is 24.3 Å². The maximum Gasteiger partial charge on any atom is 0.229 e. The normalized spacial score (nSPS) is 15.8. The molecule has 0 unspecified atom stereocenters. The molecule has 122 valence electrons. The van der Waals surface area contributed by atoms with Crippen molar-refractivity contribution in [1.29, 1.82) is 0 Å². The fraction of sp³-hybridized carbons (Fsp3) is 0.471. The highest BCUT2D eigenvalue weighted by Gasteiger charge is 2.27. The van der Waals surface area contributed by atoms with Gasteiger partial charge in [0.1, 0.15) is 0 Å². The van der Waals surface area contributed by atoms with Gasteiger partial charge in [-0.05, 0) is 31.4 Å². The molecule has 1 saturated heterocycles. The number of thiazole rings is 1. The predicted octanol–water partition coefficient (Wildman–Crippen LogP) is 3.27. The fourth-order valence-corrected chi connectivity index (χ4v) is 3.76. The number of benzene rings is 1. The number of rotatable bonds is 4. The summed E-state index contributed by atoms with van der Waals surface area (Å²) >= 11 is 1.49. The minimum atomic E-state index is -0.0345. The quantitative estimate of drug-likeness (QED) is 0.935. The number of carbonyl (C=O) groups excluding carboxylic acids is 2. The number of aromatic nitrogens is 1. The smallest absolute Gasteiger partial charge is 0.229 e. The van der Waals surface area contributed by atoms with Crippen LogP contribution in [0.3, 0.4) is 0 Å². The number of hydrogen-bond acceptors (Lipinski definition) is 4. The van der Waals surface area contributed by atoms with Crippen LogP contribution < -0.4 is 5.32 Å². The van der Waals surface area contributed by atoms with Crippen molar-refractivity contribution >= 4 is 38.5 Å². The van der Waals surface area contributed by atoms with E-state index in [1.165, 1.54) is 11.3 Å². The molecule has 2 heterocycles. The van der Waals surface area contributed by atoms with Crippen LogP contribution in [0.25, 0.3) is 10.2 Å². The summed E-state index contributed by atoms with van der Waals surface area (Å²) in [7, 11) is 0. The SMILES string of the molecule is CCCC(=O)N1CCC(C(=O)Nc2nc3ccccc3s2)CC1. The van der Waals surface area contributed by atoms with Crippen LogP contribution in [-0.2, 0) is 9.59 Å². The Balaban J connectivity index is 1.56. The highest BCUT2D eigenvalue weighted by atomic mass is 32.1. The Hall–Kier alpha value is -1.95. The molecule has 23 heavy (non-hydrogen) atoms. The molecule has 0 spiro atoms. The number of anilines is 1. The number of hydrogen-bond donors (Lipinski definition) is 1. The van der Waals surface area contributed by atoms with Gasteiger partial charge in [-0.1, -0.05) is 30.4 Å². The van der Waals surface area contributed by atoms with Gasteiger partial charge in [-0.3, -0.25) is 9.59 Å². The topological polar surface area (TPSA) is 62.3 Å². The molecule has 0 saturated carbocycles. The summed E-state index contributed by atoms with van der Waals surface area (Å²) in [6.07, 6.45) is 2.93. The molecule has 3 rings (SSSR count). The highest BCUT2D eigenvalue weighted by Crippen LogP contribution is 2.27. The van der Waals surface area contributed by atoms with E-state index in [-0.39, 0.29) is 17.7 Å². The van der Waals surface area contributed by atoms with Crippen LogP contribution in [0, 0.1) is 5.92 Å². The zero-order valence-corrected chi connectivity index (χ0v) is 14.1. The molecule has 1 aliphatic rings. The van der Waals surface area contributed by atoms with E-state index in [0.717, 1.165) is 29.5 Å². The number of nitrogens with one attached hydrogen (secondary N) is 1. The molecule has 0 radical (unpaired) electrons. The molecule has 1 aliphatic heterocycles. The minimum Gasteiger partial charge on any atom is -0.343 e. The summed E-state index contributed by atoms with van der Waals surface area (Å²) in [4.78, 5) is 30.6. The van der Waals surface area contributed by atoms with Gasteiger partial charge in [0.15, 0.2) is 5.13 Å². The monoisotopic (exact) mass is 331 g/mol. The van der Waals surface area contributed by atoms with Crippen molar-refractivity contribution in [2.75, 3.05) is 18.4 Å². The lowest BCUT2D eigenvalue weighted by molar-refractivity contribution is -0.134. The maximum absolute atomic E-state index is 12.4. The second kappa shape index (κ2) is 7.08. The lowest BCUT2D eigenvalue weighted by Crippen LogP contribution is -2.41. The molecule has 6 heteroatoms. The Kier molecular flexibility index (Phi) is 4.91. The van der Waals surface area contributed by atoms with Crippen molar-refractivity contribution in [1.82, 2.24) is 9.88 Å². The van der Waals surface area contributed by atoms with E-state index >= 15 is 0 Å².